The van der Waals surface area contributed by atoms with Gasteiger partial charge in [-0.05, 0) is 50.3 Å². The number of hydrogen-bond donors (Lipinski definition) is 0. The summed E-state index contributed by atoms with van der Waals surface area (Å²) in [5, 5.41) is -0.301. The van der Waals surface area contributed by atoms with Crippen molar-refractivity contribution in [2.24, 2.45) is 0 Å². The van der Waals surface area contributed by atoms with Crippen molar-refractivity contribution in [1.82, 2.24) is 13.5 Å². The fourth-order valence-corrected chi connectivity index (χ4v) is 7.64. The average Bonchev–Trinajstić information content (AvgIpc) is 3.39. The van der Waals surface area contributed by atoms with Crippen LogP contribution in [0.5, 0.6) is 0 Å². The van der Waals surface area contributed by atoms with Crippen LogP contribution in [-0.4, -0.2) is 78.4 Å². The first kappa shape index (κ1) is 31.5. The third-order valence-electron chi connectivity index (χ3n) is 7.95. The lowest BCUT2D eigenvalue weighted by Crippen LogP contribution is -2.60. The Labute approximate surface area is 231 Å². The Balaban J connectivity index is 0.00000400. The SMILES string of the molecule is Cl.O=C(CCC1(N2CCN(S(=O)(=O)N3CCCC3)CC2)CCC(F)(F)CC1)c1ccc(C(F)(F)F)cc1Cl. The van der Waals surface area contributed by atoms with Crippen LogP contribution in [0.4, 0.5) is 22.0 Å². The normalized spacial score (nSPS) is 23.2. The molecule has 2 aliphatic heterocycles. The van der Waals surface area contributed by atoms with Gasteiger partial charge in [0.2, 0.25) is 5.92 Å². The van der Waals surface area contributed by atoms with Crippen LogP contribution >= 0.6 is 24.0 Å². The summed E-state index contributed by atoms with van der Waals surface area (Å²) in [6, 6.07) is 2.57. The first-order valence-electron chi connectivity index (χ1n) is 12.5. The summed E-state index contributed by atoms with van der Waals surface area (Å²) in [6.45, 7) is 2.17. The molecule has 1 aromatic carbocycles. The van der Waals surface area contributed by atoms with E-state index in [9.17, 15) is 35.2 Å². The highest BCUT2D eigenvalue weighted by Crippen LogP contribution is 2.45. The smallest absolute Gasteiger partial charge is 0.295 e. The van der Waals surface area contributed by atoms with E-state index in [-0.39, 0.29) is 74.6 Å². The molecule has 0 amide bonds. The molecule has 0 unspecified atom stereocenters. The third-order valence-corrected chi connectivity index (χ3v) is 10.3. The van der Waals surface area contributed by atoms with Gasteiger partial charge in [0.05, 0.1) is 10.6 Å². The minimum absolute atomic E-state index is 0. The Morgan fingerprint density at radius 2 is 1.47 bits per heavy atom. The highest BCUT2D eigenvalue weighted by atomic mass is 35.5. The average molecular weight is 609 g/mol. The molecule has 4 rings (SSSR count). The van der Waals surface area contributed by atoms with E-state index in [1.807, 2.05) is 4.90 Å². The topological polar surface area (TPSA) is 60.9 Å². The van der Waals surface area contributed by atoms with Crippen molar-refractivity contribution in [3.05, 3.63) is 34.3 Å². The number of Topliss-reactive ketones (excluding diaryl/α,β-unsaturated/α-hetero) is 1. The minimum atomic E-state index is -4.59. The van der Waals surface area contributed by atoms with Gasteiger partial charge < -0.3 is 0 Å². The van der Waals surface area contributed by atoms with Crippen LogP contribution < -0.4 is 0 Å². The van der Waals surface area contributed by atoms with Crippen LogP contribution in [0.3, 0.4) is 0 Å². The monoisotopic (exact) mass is 607 g/mol. The van der Waals surface area contributed by atoms with Crippen molar-refractivity contribution < 1.29 is 35.2 Å². The lowest BCUT2D eigenvalue weighted by Gasteiger charge is -2.51. The van der Waals surface area contributed by atoms with Gasteiger partial charge in [-0.3, -0.25) is 9.69 Å². The van der Waals surface area contributed by atoms with Crippen LogP contribution in [0.2, 0.25) is 5.02 Å². The van der Waals surface area contributed by atoms with Gasteiger partial charge in [0.25, 0.3) is 10.2 Å². The van der Waals surface area contributed by atoms with Gasteiger partial charge in [-0.2, -0.15) is 30.2 Å². The highest BCUT2D eigenvalue weighted by Gasteiger charge is 2.48. The molecule has 0 atom stereocenters. The van der Waals surface area contributed by atoms with Gasteiger partial charge in [0.15, 0.2) is 5.78 Å². The lowest BCUT2D eigenvalue weighted by atomic mass is 9.74. The third kappa shape index (κ3) is 6.80. The number of rotatable bonds is 7. The van der Waals surface area contributed by atoms with E-state index in [2.05, 4.69) is 0 Å². The number of nitrogens with zero attached hydrogens (tertiary/aromatic N) is 3. The second-order valence-electron chi connectivity index (χ2n) is 10.2. The van der Waals surface area contributed by atoms with Crippen molar-refractivity contribution >= 4 is 40.0 Å². The zero-order chi connectivity index (χ0) is 27.1. The van der Waals surface area contributed by atoms with Crippen LogP contribution in [-0.2, 0) is 16.4 Å². The quantitative estimate of drug-likeness (QED) is 0.297. The highest BCUT2D eigenvalue weighted by molar-refractivity contribution is 7.86. The molecule has 216 valence electrons. The van der Waals surface area contributed by atoms with Crippen molar-refractivity contribution in [2.45, 2.75) is 69.0 Å². The van der Waals surface area contributed by atoms with Crippen LogP contribution in [0.25, 0.3) is 0 Å². The maximum atomic E-state index is 14.1. The van der Waals surface area contributed by atoms with Gasteiger partial charge >= 0.3 is 6.18 Å². The molecular weight excluding hydrogens is 576 g/mol. The van der Waals surface area contributed by atoms with Gasteiger partial charge in [-0.25, -0.2) is 8.78 Å². The number of hydrogen-bond acceptors (Lipinski definition) is 4. The summed E-state index contributed by atoms with van der Waals surface area (Å²) in [5.74, 6) is -3.25. The van der Waals surface area contributed by atoms with E-state index in [4.69, 9.17) is 11.6 Å². The second-order valence-corrected chi connectivity index (χ2v) is 12.5. The molecule has 6 nitrogen and oxygen atoms in total. The molecule has 2 saturated heterocycles. The zero-order valence-corrected chi connectivity index (χ0v) is 23.2. The number of carbonyl (C=O) groups excluding carboxylic acids is 1. The molecule has 38 heavy (non-hydrogen) atoms. The Morgan fingerprint density at radius 3 is 2.00 bits per heavy atom. The predicted molar refractivity (Wildman–Crippen MR) is 136 cm³/mol. The second kappa shape index (κ2) is 11.8. The van der Waals surface area contributed by atoms with Gasteiger partial charge in [0.1, 0.15) is 0 Å². The van der Waals surface area contributed by atoms with Crippen molar-refractivity contribution in [2.75, 3.05) is 39.3 Å². The first-order chi connectivity index (χ1) is 17.2. The molecular formula is C24H32Cl2F5N3O3S. The number of ketones is 1. The molecule has 1 saturated carbocycles. The Hall–Kier alpha value is -1.05. The molecule has 2 heterocycles. The van der Waals surface area contributed by atoms with E-state index in [0.717, 1.165) is 25.0 Å². The largest absolute Gasteiger partial charge is 0.416 e. The molecule has 3 fully saturated rings. The number of carbonyl (C=O) groups is 1. The molecule has 0 radical (unpaired) electrons. The van der Waals surface area contributed by atoms with Crippen LogP contribution in [0.1, 0.15) is 67.3 Å². The number of alkyl halides is 5. The molecule has 0 bridgehead atoms. The standard InChI is InChI=1S/C24H31ClF5N3O3S.ClH/c25-20-17-18(24(28,29)30)3-4-19(20)21(34)5-6-22(7-9-23(26,27)10-8-22)31-13-15-33(16-14-31)37(35,36)32-11-1-2-12-32;/h3-4,17H,1-2,5-16H2;1H. The summed E-state index contributed by atoms with van der Waals surface area (Å²) in [5.41, 5.74) is -1.71. The Morgan fingerprint density at radius 1 is 0.921 bits per heavy atom. The molecule has 1 aromatic rings. The van der Waals surface area contributed by atoms with Gasteiger partial charge in [-0.1, -0.05) is 11.6 Å². The molecule has 14 heteroatoms. The predicted octanol–water partition coefficient (Wildman–Crippen LogP) is 5.65. The summed E-state index contributed by atoms with van der Waals surface area (Å²) < 4.78 is 95.8. The van der Waals surface area contributed by atoms with E-state index < -0.39 is 39.2 Å². The van der Waals surface area contributed by atoms with E-state index >= 15 is 0 Å². The summed E-state index contributed by atoms with van der Waals surface area (Å²) in [4.78, 5) is 15.0. The number of halogens is 7. The van der Waals surface area contributed by atoms with Gasteiger partial charge in [-0.15, -0.1) is 12.4 Å². The zero-order valence-electron chi connectivity index (χ0n) is 20.8. The van der Waals surface area contributed by atoms with E-state index in [0.29, 0.717) is 32.2 Å². The molecule has 3 aliphatic rings. The molecule has 0 N–H and O–H groups in total. The number of benzene rings is 1. The summed E-state index contributed by atoms with van der Waals surface area (Å²) >= 11 is 5.99. The summed E-state index contributed by atoms with van der Waals surface area (Å²) in [6.07, 6.45) is -3.15. The van der Waals surface area contributed by atoms with Crippen LogP contribution in [0.15, 0.2) is 18.2 Å². The molecule has 1 aliphatic carbocycles. The van der Waals surface area contributed by atoms with E-state index in [1.165, 1.54) is 8.61 Å². The Bertz CT molecular complexity index is 1100. The lowest BCUT2D eigenvalue weighted by molar-refractivity contribution is -0.137. The minimum Gasteiger partial charge on any atom is -0.295 e. The van der Waals surface area contributed by atoms with Crippen molar-refractivity contribution in [3.63, 3.8) is 0 Å². The maximum absolute atomic E-state index is 14.1. The van der Waals surface area contributed by atoms with Crippen molar-refractivity contribution in [1.29, 1.82) is 0 Å². The fraction of sp³-hybridized carbons (Fsp3) is 0.708. The maximum Gasteiger partial charge on any atom is 0.416 e. The first-order valence-corrected chi connectivity index (χ1v) is 14.3. The van der Waals surface area contributed by atoms with Gasteiger partial charge in [0, 0.05) is 69.6 Å². The van der Waals surface area contributed by atoms with Crippen molar-refractivity contribution in [3.8, 4) is 0 Å². The Kier molecular flexibility index (Phi) is 9.79. The number of piperazine rings is 1. The molecule has 0 spiro atoms. The van der Waals surface area contributed by atoms with Crippen LogP contribution in [0, 0.1) is 0 Å². The summed E-state index contributed by atoms with van der Waals surface area (Å²) in [7, 11) is -3.56. The molecule has 0 aromatic heterocycles. The fourth-order valence-electron chi connectivity index (χ4n) is 5.68. The van der Waals surface area contributed by atoms with E-state index in [1.54, 1.807) is 0 Å².